The maximum atomic E-state index is 5.38. The van der Waals surface area contributed by atoms with Gasteiger partial charge >= 0.3 is 0 Å². The lowest BCUT2D eigenvalue weighted by atomic mass is 10.1. The summed E-state index contributed by atoms with van der Waals surface area (Å²) in [6.45, 7) is 0.615. The number of hydrogen-bond acceptors (Lipinski definition) is 1. The van der Waals surface area contributed by atoms with Gasteiger partial charge in [0.15, 0.2) is 0 Å². The first-order valence-electron chi connectivity index (χ1n) is 4.87. The molecule has 0 aromatic heterocycles. The second kappa shape index (κ2) is 3.75. The second-order valence-corrected chi connectivity index (χ2v) is 3.58. The van der Waals surface area contributed by atoms with Crippen molar-refractivity contribution in [2.24, 2.45) is 5.73 Å². The van der Waals surface area contributed by atoms with Gasteiger partial charge in [0.2, 0.25) is 0 Å². The van der Waals surface area contributed by atoms with Gasteiger partial charge in [-0.15, -0.1) is 0 Å². The maximum absolute atomic E-state index is 5.38. The summed E-state index contributed by atoms with van der Waals surface area (Å²) in [7, 11) is 0. The molecule has 0 aliphatic heterocycles. The lowest BCUT2D eigenvalue weighted by Crippen LogP contribution is -1.91. The summed E-state index contributed by atoms with van der Waals surface area (Å²) >= 11 is 0. The largest absolute Gasteiger partial charge is 0.327 e. The zero-order valence-corrected chi connectivity index (χ0v) is 7.74. The molecule has 2 rings (SSSR count). The van der Waals surface area contributed by atoms with E-state index in [1.165, 1.54) is 24.0 Å². The third-order valence-electron chi connectivity index (χ3n) is 2.43. The Morgan fingerprint density at radius 2 is 1.92 bits per heavy atom. The first kappa shape index (κ1) is 8.52. The van der Waals surface area contributed by atoms with Crippen molar-refractivity contribution >= 4 is 6.08 Å². The molecule has 1 heteroatoms. The fourth-order valence-electron chi connectivity index (χ4n) is 1.50. The standard InChI is InChI=1S/C12H15N/c13-9-1-2-10-3-5-11(6-4-10)12-7-8-12/h1-6,12H,7-9,13H2. The number of rotatable bonds is 3. The van der Waals surface area contributed by atoms with Crippen LogP contribution in [0.15, 0.2) is 30.3 Å². The highest BCUT2D eigenvalue weighted by atomic mass is 14.5. The van der Waals surface area contributed by atoms with Gasteiger partial charge in [0.05, 0.1) is 0 Å². The van der Waals surface area contributed by atoms with E-state index in [2.05, 4.69) is 30.3 Å². The zero-order valence-electron chi connectivity index (χ0n) is 7.74. The van der Waals surface area contributed by atoms with Crippen LogP contribution in [0.5, 0.6) is 0 Å². The molecule has 0 unspecified atom stereocenters. The van der Waals surface area contributed by atoms with E-state index in [0.717, 1.165) is 5.92 Å². The average molecular weight is 173 g/mol. The summed E-state index contributed by atoms with van der Waals surface area (Å²) in [5.41, 5.74) is 8.11. The van der Waals surface area contributed by atoms with Crippen LogP contribution >= 0.6 is 0 Å². The molecule has 1 aliphatic rings. The Hall–Kier alpha value is -1.08. The van der Waals surface area contributed by atoms with Crippen molar-refractivity contribution in [3.05, 3.63) is 41.5 Å². The van der Waals surface area contributed by atoms with Crippen molar-refractivity contribution in [3.8, 4) is 0 Å². The fraction of sp³-hybridized carbons (Fsp3) is 0.333. The molecular weight excluding hydrogens is 158 g/mol. The first-order valence-corrected chi connectivity index (χ1v) is 4.87. The summed E-state index contributed by atoms with van der Waals surface area (Å²) in [6, 6.07) is 8.79. The van der Waals surface area contributed by atoms with Gasteiger partial charge in [0, 0.05) is 6.54 Å². The molecule has 1 aromatic carbocycles. The van der Waals surface area contributed by atoms with Crippen LogP contribution in [0, 0.1) is 0 Å². The molecule has 1 aromatic rings. The van der Waals surface area contributed by atoms with Crippen molar-refractivity contribution in [2.45, 2.75) is 18.8 Å². The SMILES string of the molecule is NCC=Cc1ccc(C2CC2)cc1. The molecule has 0 radical (unpaired) electrons. The Morgan fingerprint density at radius 3 is 2.46 bits per heavy atom. The van der Waals surface area contributed by atoms with Crippen LogP contribution in [0.4, 0.5) is 0 Å². The van der Waals surface area contributed by atoms with Gasteiger partial charge in [0.1, 0.15) is 0 Å². The van der Waals surface area contributed by atoms with Crippen LogP contribution in [0.2, 0.25) is 0 Å². The van der Waals surface area contributed by atoms with Gasteiger partial charge < -0.3 is 5.73 Å². The highest BCUT2D eigenvalue weighted by Crippen LogP contribution is 2.39. The summed E-state index contributed by atoms with van der Waals surface area (Å²) in [4.78, 5) is 0. The number of benzene rings is 1. The second-order valence-electron chi connectivity index (χ2n) is 3.58. The maximum Gasteiger partial charge on any atom is 0.0110 e. The molecule has 68 valence electrons. The Balaban J connectivity index is 2.08. The van der Waals surface area contributed by atoms with Gasteiger partial charge in [-0.1, -0.05) is 36.4 Å². The third-order valence-corrected chi connectivity index (χ3v) is 2.43. The first-order chi connectivity index (χ1) is 6.40. The molecule has 0 heterocycles. The van der Waals surface area contributed by atoms with E-state index in [4.69, 9.17) is 5.73 Å². The Kier molecular flexibility index (Phi) is 2.46. The minimum Gasteiger partial charge on any atom is -0.327 e. The molecule has 13 heavy (non-hydrogen) atoms. The number of hydrogen-bond donors (Lipinski definition) is 1. The summed E-state index contributed by atoms with van der Waals surface area (Å²) < 4.78 is 0. The van der Waals surface area contributed by atoms with E-state index in [-0.39, 0.29) is 0 Å². The topological polar surface area (TPSA) is 26.0 Å². The lowest BCUT2D eigenvalue weighted by molar-refractivity contribution is 1.13. The molecule has 1 nitrogen and oxygen atoms in total. The van der Waals surface area contributed by atoms with Crippen LogP contribution in [-0.2, 0) is 0 Å². The van der Waals surface area contributed by atoms with E-state index in [9.17, 15) is 0 Å². The molecule has 1 saturated carbocycles. The monoisotopic (exact) mass is 173 g/mol. The quantitative estimate of drug-likeness (QED) is 0.746. The van der Waals surface area contributed by atoms with Crippen LogP contribution in [0.1, 0.15) is 29.9 Å². The highest BCUT2D eigenvalue weighted by Gasteiger charge is 2.22. The van der Waals surface area contributed by atoms with Crippen LogP contribution in [0.25, 0.3) is 6.08 Å². The number of nitrogens with two attached hydrogens (primary N) is 1. The minimum atomic E-state index is 0.615. The Morgan fingerprint density at radius 1 is 1.23 bits per heavy atom. The van der Waals surface area contributed by atoms with Crippen LogP contribution in [-0.4, -0.2) is 6.54 Å². The van der Waals surface area contributed by atoms with Crippen molar-refractivity contribution in [1.82, 2.24) is 0 Å². The van der Waals surface area contributed by atoms with Gasteiger partial charge in [-0.05, 0) is 29.9 Å². The summed E-state index contributed by atoms with van der Waals surface area (Å²) in [5.74, 6) is 0.854. The van der Waals surface area contributed by atoms with E-state index in [1.54, 1.807) is 0 Å². The lowest BCUT2D eigenvalue weighted by Gasteiger charge is -1.97. The molecule has 0 bridgehead atoms. The third kappa shape index (κ3) is 2.19. The van der Waals surface area contributed by atoms with E-state index in [1.807, 2.05) is 6.08 Å². The van der Waals surface area contributed by atoms with Crippen molar-refractivity contribution in [2.75, 3.05) is 6.54 Å². The molecule has 1 aliphatic carbocycles. The molecule has 0 amide bonds. The smallest absolute Gasteiger partial charge is 0.0110 e. The fourth-order valence-corrected chi connectivity index (χ4v) is 1.50. The normalized spacial score (nSPS) is 16.7. The van der Waals surface area contributed by atoms with Crippen LogP contribution < -0.4 is 5.73 Å². The average Bonchev–Trinajstić information content (AvgIpc) is 2.99. The summed E-state index contributed by atoms with van der Waals surface area (Å²) in [6.07, 6.45) is 6.79. The van der Waals surface area contributed by atoms with E-state index in [0.29, 0.717) is 6.54 Å². The van der Waals surface area contributed by atoms with Crippen molar-refractivity contribution < 1.29 is 0 Å². The van der Waals surface area contributed by atoms with Crippen molar-refractivity contribution in [1.29, 1.82) is 0 Å². The predicted octanol–water partition coefficient (Wildman–Crippen LogP) is 2.54. The van der Waals surface area contributed by atoms with Crippen molar-refractivity contribution in [3.63, 3.8) is 0 Å². The Bertz CT molecular complexity index is 293. The van der Waals surface area contributed by atoms with Gasteiger partial charge in [0.25, 0.3) is 0 Å². The zero-order chi connectivity index (χ0) is 9.10. The highest BCUT2D eigenvalue weighted by molar-refractivity contribution is 5.50. The van der Waals surface area contributed by atoms with Gasteiger partial charge in [-0.25, -0.2) is 0 Å². The van der Waals surface area contributed by atoms with Crippen LogP contribution in [0.3, 0.4) is 0 Å². The molecule has 1 fully saturated rings. The summed E-state index contributed by atoms with van der Waals surface area (Å²) in [5, 5.41) is 0. The van der Waals surface area contributed by atoms with Gasteiger partial charge in [-0.3, -0.25) is 0 Å². The van der Waals surface area contributed by atoms with E-state index >= 15 is 0 Å². The van der Waals surface area contributed by atoms with Gasteiger partial charge in [-0.2, -0.15) is 0 Å². The molecular formula is C12H15N. The molecule has 2 N–H and O–H groups in total. The molecule has 0 atom stereocenters. The predicted molar refractivity (Wildman–Crippen MR) is 56.5 cm³/mol. The minimum absolute atomic E-state index is 0.615. The van der Waals surface area contributed by atoms with E-state index < -0.39 is 0 Å². The molecule has 0 saturated heterocycles. The molecule has 0 spiro atoms. The Labute approximate surface area is 79.3 Å².